The van der Waals surface area contributed by atoms with E-state index in [1.54, 1.807) is 0 Å². The molecule has 0 aromatic heterocycles. The summed E-state index contributed by atoms with van der Waals surface area (Å²) in [6, 6.07) is 16.0. The lowest BCUT2D eigenvalue weighted by molar-refractivity contribution is -0.165. The molecule has 8 heteroatoms. The molecule has 2 aromatic rings. The molecule has 0 aliphatic rings. The lowest BCUT2D eigenvalue weighted by atomic mass is 10.0. The molecule has 0 aliphatic heterocycles. The molecule has 0 spiro atoms. The molecule has 30 heavy (non-hydrogen) atoms. The van der Waals surface area contributed by atoms with E-state index >= 15 is 0 Å². The Morgan fingerprint density at radius 1 is 0.667 bits per heavy atom. The lowest BCUT2D eigenvalue weighted by Crippen LogP contribution is -2.39. The number of aliphatic hydroxyl groups is 2. The minimum absolute atomic E-state index is 0.529. The Labute approximate surface area is 176 Å². The maximum absolute atomic E-state index is 9.77. The van der Waals surface area contributed by atoms with E-state index in [9.17, 15) is 9.59 Å². The fourth-order valence-corrected chi connectivity index (χ4v) is 2.34. The highest BCUT2D eigenvalue weighted by Gasteiger charge is 2.29. The summed E-state index contributed by atoms with van der Waals surface area (Å²) in [5.41, 5.74) is 15.7. The SMILES string of the molecule is CC(C)c1ccccc1N.CC(C)c1ccccc1N.O=C(O)C(O)C(O)C(=O)O. The minimum atomic E-state index is -2.27. The number of nitrogen functional groups attached to an aromatic ring is 2. The third-order valence-corrected chi connectivity index (χ3v) is 4.04. The summed E-state index contributed by atoms with van der Waals surface area (Å²) in [5, 5.41) is 32.5. The molecule has 2 unspecified atom stereocenters. The first-order valence-corrected chi connectivity index (χ1v) is 9.40. The molecule has 0 fully saturated rings. The van der Waals surface area contributed by atoms with Crippen LogP contribution in [0.1, 0.15) is 50.7 Å². The number of hydrogen-bond acceptors (Lipinski definition) is 6. The number of rotatable bonds is 5. The van der Waals surface area contributed by atoms with Crippen LogP contribution >= 0.6 is 0 Å². The highest BCUT2D eigenvalue weighted by Crippen LogP contribution is 2.20. The smallest absolute Gasteiger partial charge is 0.335 e. The number of hydrogen-bond donors (Lipinski definition) is 6. The van der Waals surface area contributed by atoms with E-state index in [2.05, 4.69) is 39.8 Å². The summed E-state index contributed by atoms with van der Waals surface area (Å²) in [4.78, 5) is 19.5. The first-order valence-electron chi connectivity index (χ1n) is 9.40. The van der Waals surface area contributed by atoms with Gasteiger partial charge in [0.1, 0.15) is 0 Å². The molecule has 2 rings (SSSR count). The first-order chi connectivity index (χ1) is 13.9. The maximum Gasteiger partial charge on any atom is 0.335 e. The van der Waals surface area contributed by atoms with Crippen molar-refractivity contribution in [1.29, 1.82) is 0 Å². The van der Waals surface area contributed by atoms with Crippen LogP contribution in [-0.2, 0) is 9.59 Å². The number of carboxylic acids is 2. The van der Waals surface area contributed by atoms with Gasteiger partial charge in [-0.3, -0.25) is 0 Å². The molecular weight excluding hydrogens is 388 g/mol. The van der Waals surface area contributed by atoms with Gasteiger partial charge in [0.25, 0.3) is 0 Å². The van der Waals surface area contributed by atoms with E-state index in [4.69, 9.17) is 31.9 Å². The van der Waals surface area contributed by atoms with Gasteiger partial charge in [-0.2, -0.15) is 0 Å². The van der Waals surface area contributed by atoms with Gasteiger partial charge in [-0.05, 0) is 35.1 Å². The fourth-order valence-electron chi connectivity index (χ4n) is 2.34. The zero-order valence-corrected chi connectivity index (χ0v) is 17.7. The molecule has 0 bridgehead atoms. The second-order valence-electron chi connectivity index (χ2n) is 7.13. The summed E-state index contributed by atoms with van der Waals surface area (Å²) >= 11 is 0. The van der Waals surface area contributed by atoms with Crippen LogP contribution in [0.4, 0.5) is 11.4 Å². The molecule has 8 N–H and O–H groups in total. The van der Waals surface area contributed by atoms with Crippen LogP contribution in [0, 0.1) is 0 Å². The number of benzene rings is 2. The van der Waals surface area contributed by atoms with Crippen molar-refractivity contribution in [3.8, 4) is 0 Å². The van der Waals surface area contributed by atoms with Gasteiger partial charge in [0.05, 0.1) is 0 Å². The largest absolute Gasteiger partial charge is 0.479 e. The molecule has 0 heterocycles. The highest BCUT2D eigenvalue weighted by molar-refractivity contribution is 5.83. The maximum atomic E-state index is 9.77. The molecule has 166 valence electrons. The van der Waals surface area contributed by atoms with E-state index in [0.717, 1.165) is 11.4 Å². The Kier molecular flexibility index (Phi) is 11.8. The van der Waals surface area contributed by atoms with E-state index in [0.29, 0.717) is 11.8 Å². The molecule has 2 aromatic carbocycles. The topological polar surface area (TPSA) is 167 Å². The molecule has 0 saturated heterocycles. The molecular formula is C22H32N2O6. The van der Waals surface area contributed by atoms with E-state index in [1.165, 1.54) is 11.1 Å². The summed E-state index contributed by atoms with van der Waals surface area (Å²) in [6.45, 7) is 8.58. The number of nitrogens with two attached hydrogens (primary N) is 2. The van der Waals surface area contributed by atoms with Crippen molar-refractivity contribution in [1.82, 2.24) is 0 Å². The third kappa shape index (κ3) is 9.40. The van der Waals surface area contributed by atoms with Crippen LogP contribution in [0.15, 0.2) is 48.5 Å². The average molecular weight is 421 g/mol. The Balaban J connectivity index is 0.000000420. The van der Waals surface area contributed by atoms with Crippen molar-refractivity contribution in [2.75, 3.05) is 11.5 Å². The Hall–Kier alpha value is -3.10. The van der Waals surface area contributed by atoms with E-state index in [-0.39, 0.29) is 0 Å². The molecule has 0 aliphatic carbocycles. The third-order valence-electron chi connectivity index (χ3n) is 4.04. The van der Waals surface area contributed by atoms with Crippen molar-refractivity contribution in [3.05, 3.63) is 59.7 Å². The Bertz CT molecular complexity index is 740. The molecule has 0 radical (unpaired) electrons. The van der Waals surface area contributed by atoms with E-state index < -0.39 is 24.1 Å². The number of carbonyl (C=O) groups is 2. The van der Waals surface area contributed by atoms with Crippen molar-refractivity contribution in [2.45, 2.75) is 51.7 Å². The molecule has 2 atom stereocenters. The van der Waals surface area contributed by atoms with Gasteiger partial charge in [-0.15, -0.1) is 0 Å². The zero-order valence-electron chi connectivity index (χ0n) is 17.7. The molecule has 0 saturated carbocycles. The van der Waals surface area contributed by atoms with Gasteiger partial charge in [0.15, 0.2) is 12.2 Å². The van der Waals surface area contributed by atoms with Crippen molar-refractivity contribution < 1.29 is 30.0 Å². The van der Waals surface area contributed by atoms with Crippen LogP contribution in [-0.4, -0.2) is 44.6 Å². The Morgan fingerprint density at radius 2 is 0.933 bits per heavy atom. The highest BCUT2D eigenvalue weighted by atomic mass is 16.4. The molecule has 0 amide bonds. The fraction of sp³-hybridized carbons (Fsp3) is 0.364. The normalized spacial score (nSPS) is 12.1. The van der Waals surface area contributed by atoms with Gasteiger partial charge in [0.2, 0.25) is 0 Å². The van der Waals surface area contributed by atoms with Gasteiger partial charge >= 0.3 is 11.9 Å². The summed E-state index contributed by atoms with van der Waals surface area (Å²) in [5.74, 6) is -2.48. The van der Waals surface area contributed by atoms with Crippen LogP contribution in [0.2, 0.25) is 0 Å². The van der Waals surface area contributed by atoms with Gasteiger partial charge in [-0.1, -0.05) is 64.1 Å². The van der Waals surface area contributed by atoms with Gasteiger partial charge < -0.3 is 31.9 Å². The number of aliphatic carboxylic acids is 2. The zero-order chi connectivity index (χ0) is 23.4. The quantitative estimate of drug-likeness (QED) is 0.401. The molecule has 8 nitrogen and oxygen atoms in total. The standard InChI is InChI=1S/2C9H13N.C4H6O6/c2*1-7(2)8-5-3-4-6-9(8)10;5-1(3(7)8)2(6)4(9)10/h2*3-7H,10H2,1-2H3;1-2,5-6H,(H,7,8)(H,9,10). The summed E-state index contributed by atoms with van der Waals surface area (Å²) in [7, 11) is 0. The average Bonchev–Trinajstić information content (AvgIpc) is 2.68. The van der Waals surface area contributed by atoms with Crippen molar-refractivity contribution in [3.63, 3.8) is 0 Å². The van der Waals surface area contributed by atoms with Gasteiger partial charge in [-0.25, -0.2) is 9.59 Å². The lowest BCUT2D eigenvalue weighted by Gasteiger charge is -2.07. The van der Waals surface area contributed by atoms with Crippen LogP contribution in [0.3, 0.4) is 0 Å². The second-order valence-corrected chi connectivity index (χ2v) is 7.13. The number of aliphatic hydroxyl groups excluding tert-OH is 2. The predicted octanol–water partition coefficient (Wildman–Crippen LogP) is 2.66. The number of carboxylic acid groups (broad SMARTS) is 2. The monoisotopic (exact) mass is 420 g/mol. The summed E-state index contributed by atoms with van der Waals surface area (Å²) < 4.78 is 0. The van der Waals surface area contributed by atoms with Crippen molar-refractivity contribution >= 4 is 23.3 Å². The van der Waals surface area contributed by atoms with Crippen LogP contribution in [0.5, 0.6) is 0 Å². The first kappa shape index (κ1) is 26.9. The second kappa shape index (κ2) is 13.2. The van der Waals surface area contributed by atoms with Crippen molar-refractivity contribution in [2.24, 2.45) is 0 Å². The van der Waals surface area contributed by atoms with E-state index in [1.807, 2.05) is 36.4 Å². The van der Waals surface area contributed by atoms with Crippen LogP contribution in [0.25, 0.3) is 0 Å². The Morgan fingerprint density at radius 3 is 1.10 bits per heavy atom. The predicted molar refractivity (Wildman–Crippen MR) is 117 cm³/mol. The summed E-state index contributed by atoms with van der Waals surface area (Å²) in [6.07, 6.45) is -4.53. The number of para-hydroxylation sites is 2. The minimum Gasteiger partial charge on any atom is -0.479 e. The van der Waals surface area contributed by atoms with Crippen LogP contribution < -0.4 is 11.5 Å². The number of anilines is 2. The van der Waals surface area contributed by atoms with Gasteiger partial charge in [0, 0.05) is 11.4 Å².